The molecule has 0 atom stereocenters. The molecule has 1 aliphatic heterocycles. The molecular weight excluding hydrogens is 394 g/mol. The highest BCUT2D eigenvalue weighted by molar-refractivity contribution is 5.89. The fourth-order valence-electron chi connectivity index (χ4n) is 3.55. The Bertz CT molecular complexity index is 967. The summed E-state index contributed by atoms with van der Waals surface area (Å²) in [5.41, 5.74) is 3.18. The molecule has 1 aliphatic rings. The highest BCUT2D eigenvalue weighted by Gasteiger charge is 2.18. The number of hydrogen-bond donors (Lipinski definition) is 1. The number of hydrogen-bond acceptors (Lipinski definition) is 8. The third kappa shape index (κ3) is 5.93. The van der Waals surface area contributed by atoms with Crippen molar-refractivity contribution in [2.45, 2.75) is 19.9 Å². The molecule has 1 aromatic carbocycles. The minimum Gasteiger partial charge on any atom is -0.348 e. The zero-order valence-electron chi connectivity index (χ0n) is 17.7. The normalized spacial score (nSPS) is 15.1. The smallest absolute Gasteiger partial charge is 0.316 e. The maximum Gasteiger partial charge on any atom is 0.316 e. The van der Waals surface area contributed by atoms with Gasteiger partial charge in [0.25, 0.3) is 0 Å². The molecule has 1 N–H and O–H groups in total. The van der Waals surface area contributed by atoms with Crippen molar-refractivity contribution in [3.63, 3.8) is 0 Å². The molecule has 1 amide bonds. The standard InChI is InChI=1S/C22H27N7O2/c1-17-3-5-18(6-4-17)15-29-13-11-28(12-14-29)10-2-8-24-21(30)22-26-20(27-31-22)19-7-9-23-16-25-19/h3-7,9,16H,2,8,10-15H2,1H3,(H,24,30). The largest absolute Gasteiger partial charge is 0.348 e. The molecule has 0 aliphatic carbocycles. The van der Waals surface area contributed by atoms with E-state index >= 15 is 0 Å². The van der Waals surface area contributed by atoms with Gasteiger partial charge in [-0.1, -0.05) is 35.0 Å². The van der Waals surface area contributed by atoms with Crippen molar-refractivity contribution < 1.29 is 9.32 Å². The van der Waals surface area contributed by atoms with Gasteiger partial charge in [-0.15, -0.1) is 0 Å². The summed E-state index contributed by atoms with van der Waals surface area (Å²) in [6, 6.07) is 10.4. The van der Waals surface area contributed by atoms with E-state index in [1.165, 1.54) is 17.5 Å². The first kappa shape index (κ1) is 21.1. The molecule has 9 heteroatoms. The van der Waals surface area contributed by atoms with Crippen LogP contribution in [0.2, 0.25) is 0 Å². The van der Waals surface area contributed by atoms with Crippen LogP contribution >= 0.6 is 0 Å². The van der Waals surface area contributed by atoms with E-state index in [1.54, 1.807) is 12.3 Å². The maximum atomic E-state index is 12.2. The molecule has 1 saturated heterocycles. The van der Waals surface area contributed by atoms with Crippen LogP contribution in [0.1, 0.15) is 28.2 Å². The van der Waals surface area contributed by atoms with Crippen molar-refractivity contribution in [3.8, 4) is 11.5 Å². The van der Waals surface area contributed by atoms with Gasteiger partial charge in [0.05, 0.1) is 0 Å². The topological polar surface area (TPSA) is 100 Å². The minimum atomic E-state index is -0.365. The molecule has 0 bridgehead atoms. The number of aromatic nitrogens is 4. The van der Waals surface area contributed by atoms with Crippen LogP contribution in [-0.2, 0) is 6.54 Å². The van der Waals surface area contributed by atoms with Gasteiger partial charge in [0.1, 0.15) is 12.0 Å². The van der Waals surface area contributed by atoms with Crippen LogP contribution in [-0.4, -0.2) is 75.1 Å². The van der Waals surface area contributed by atoms with E-state index in [0.29, 0.717) is 12.2 Å². The summed E-state index contributed by atoms with van der Waals surface area (Å²) in [5, 5.41) is 6.64. The van der Waals surface area contributed by atoms with Crippen LogP contribution in [0.3, 0.4) is 0 Å². The summed E-state index contributed by atoms with van der Waals surface area (Å²) in [7, 11) is 0. The van der Waals surface area contributed by atoms with Crippen molar-refractivity contribution in [1.82, 2.24) is 35.2 Å². The molecule has 0 radical (unpaired) electrons. The second kappa shape index (κ2) is 10.2. The van der Waals surface area contributed by atoms with Gasteiger partial charge in [-0.25, -0.2) is 9.97 Å². The predicted octanol–water partition coefficient (Wildman–Crippen LogP) is 1.77. The van der Waals surface area contributed by atoms with E-state index in [-0.39, 0.29) is 17.6 Å². The second-order valence-electron chi connectivity index (χ2n) is 7.73. The Balaban J connectivity index is 1.14. The second-order valence-corrected chi connectivity index (χ2v) is 7.73. The quantitative estimate of drug-likeness (QED) is 0.550. The predicted molar refractivity (Wildman–Crippen MR) is 115 cm³/mol. The van der Waals surface area contributed by atoms with Gasteiger partial charge in [0.15, 0.2) is 0 Å². The van der Waals surface area contributed by atoms with E-state index in [1.807, 2.05) is 0 Å². The van der Waals surface area contributed by atoms with E-state index in [4.69, 9.17) is 4.52 Å². The molecule has 0 saturated carbocycles. The SMILES string of the molecule is Cc1ccc(CN2CCN(CCCNC(=O)c3nc(-c4ccncn4)no3)CC2)cc1. The molecule has 0 spiro atoms. The Morgan fingerprint density at radius 1 is 1.10 bits per heavy atom. The molecule has 1 fully saturated rings. The lowest BCUT2D eigenvalue weighted by Crippen LogP contribution is -2.46. The molecular formula is C22H27N7O2. The monoisotopic (exact) mass is 421 g/mol. The van der Waals surface area contributed by atoms with Gasteiger partial charge in [-0.3, -0.25) is 9.69 Å². The van der Waals surface area contributed by atoms with Gasteiger partial charge in [-0.2, -0.15) is 4.98 Å². The number of rotatable bonds is 8. The van der Waals surface area contributed by atoms with Crippen LogP contribution < -0.4 is 5.32 Å². The van der Waals surface area contributed by atoms with Crippen molar-refractivity contribution in [1.29, 1.82) is 0 Å². The zero-order valence-corrected chi connectivity index (χ0v) is 17.7. The lowest BCUT2D eigenvalue weighted by Gasteiger charge is -2.34. The van der Waals surface area contributed by atoms with E-state index in [9.17, 15) is 4.79 Å². The maximum absolute atomic E-state index is 12.2. The van der Waals surface area contributed by atoms with E-state index in [0.717, 1.165) is 45.7 Å². The summed E-state index contributed by atoms with van der Waals surface area (Å²) in [6.45, 7) is 8.86. The van der Waals surface area contributed by atoms with Crippen LogP contribution in [0.15, 0.2) is 47.4 Å². The lowest BCUT2D eigenvalue weighted by molar-refractivity contribution is 0.0904. The van der Waals surface area contributed by atoms with Crippen LogP contribution in [0.5, 0.6) is 0 Å². The molecule has 9 nitrogen and oxygen atoms in total. The van der Waals surface area contributed by atoms with Gasteiger partial charge < -0.3 is 14.7 Å². The molecule has 2 aromatic heterocycles. The summed E-state index contributed by atoms with van der Waals surface area (Å²) in [5.74, 6) is -0.148. The highest BCUT2D eigenvalue weighted by atomic mass is 16.5. The average Bonchev–Trinajstić information content (AvgIpc) is 3.30. The summed E-state index contributed by atoms with van der Waals surface area (Å²) in [6.07, 6.45) is 3.85. The molecule has 0 unspecified atom stereocenters. The first-order chi connectivity index (χ1) is 15.2. The number of nitrogens with zero attached hydrogens (tertiary/aromatic N) is 6. The Hall–Kier alpha value is -3.17. The number of carbonyl (C=O) groups is 1. The number of nitrogens with one attached hydrogen (secondary N) is 1. The first-order valence-electron chi connectivity index (χ1n) is 10.6. The van der Waals surface area contributed by atoms with E-state index in [2.05, 4.69) is 66.4 Å². The van der Waals surface area contributed by atoms with Crippen LogP contribution in [0.4, 0.5) is 0 Å². The Labute approximate surface area is 181 Å². The van der Waals surface area contributed by atoms with E-state index < -0.39 is 0 Å². The third-order valence-corrected chi connectivity index (χ3v) is 5.36. The summed E-state index contributed by atoms with van der Waals surface area (Å²) in [4.78, 5) is 29.1. The molecule has 3 aromatic rings. The van der Waals surface area contributed by atoms with Crippen molar-refractivity contribution in [2.24, 2.45) is 0 Å². The van der Waals surface area contributed by atoms with Gasteiger partial charge in [0, 0.05) is 45.5 Å². The van der Waals surface area contributed by atoms with Crippen molar-refractivity contribution in [3.05, 3.63) is 59.9 Å². The van der Waals surface area contributed by atoms with Crippen LogP contribution in [0.25, 0.3) is 11.5 Å². The fourth-order valence-corrected chi connectivity index (χ4v) is 3.55. The average molecular weight is 422 g/mol. The zero-order chi connectivity index (χ0) is 21.5. The number of carbonyl (C=O) groups excluding carboxylic acids is 1. The van der Waals surface area contributed by atoms with Gasteiger partial charge in [0.2, 0.25) is 5.82 Å². The molecule has 162 valence electrons. The highest BCUT2D eigenvalue weighted by Crippen LogP contribution is 2.12. The summed E-state index contributed by atoms with van der Waals surface area (Å²) >= 11 is 0. The number of piperazine rings is 1. The molecule has 31 heavy (non-hydrogen) atoms. The number of benzene rings is 1. The third-order valence-electron chi connectivity index (χ3n) is 5.36. The minimum absolute atomic E-state index is 0.0571. The van der Waals surface area contributed by atoms with Crippen molar-refractivity contribution in [2.75, 3.05) is 39.3 Å². The number of amides is 1. The molecule has 4 rings (SSSR count). The lowest BCUT2D eigenvalue weighted by atomic mass is 10.1. The summed E-state index contributed by atoms with van der Waals surface area (Å²) < 4.78 is 5.05. The van der Waals surface area contributed by atoms with Gasteiger partial charge >= 0.3 is 11.8 Å². The Morgan fingerprint density at radius 2 is 1.87 bits per heavy atom. The Kier molecular flexibility index (Phi) is 6.96. The number of aryl methyl sites for hydroxylation is 1. The van der Waals surface area contributed by atoms with Crippen molar-refractivity contribution >= 4 is 5.91 Å². The van der Waals surface area contributed by atoms with Gasteiger partial charge in [-0.05, 0) is 31.5 Å². The Morgan fingerprint density at radius 3 is 2.61 bits per heavy atom. The fraction of sp³-hybridized carbons (Fsp3) is 0.409. The van der Waals surface area contributed by atoms with Crippen LogP contribution in [0, 0.1) is 6.92 Å². The molecule has 3 heterocycles. The first-order valence-corrected chi connectivity index (χ1v) is 10.6.